The van der Waals surface area contributed by atoms with Crippen molar-refractivity contribution < 1.29 is 4.74 Å². The van der Waals surface area contributed by atoms with Crippen LogP contribution in [0.1, 0.15) is 11.1 Å². The maximum absolute atomic E-state index is 6.08. The molecule has 0 atom stereocenters. The van der Waals surface area contributed by atoms with Crippen molar-refractivity contribution in [2.75, 3.05) is 0 Å². The first kappa shape index (κ1) is 14.1. The fourth-order valence-electron chi connectivity index (χ4n) is 1.54. The lowest BCUT2D eigenvalue weighted by Gasteiger charge is -2.09. The first-order valence-electron chi connectivity index (χ1n) is 5.53. The number of halogens is 2. The minimum atomic E-state index is 0.353. The monoisotopic (exact) mass is 311 g/mol. The van der Waals surface area contributed by atoms with Crippen LogP contribution in [0.3, 0.4) is 0 Å². The molecular formula is C14H11Cl2NOS. The molecule has 19 heavy (non-hydrogen) atoms. The highest BCUT2D eigenvalue weighted by Crippen LogP contribution is 2.26. The average molecular weight is 312 g/mol. The van der Waals surface area contributed by atoms with Gasteiger partial charge in [-0.05, 0) is 30.3 Å². The second-order valence-corrected chi connectivity index (χ2v) is 5.12. The van der Waals surface area contributed by atoms with Gasteiger partial charge in [-0.25, -0.2) is 0 Å². The van der Waals surface area contributed by atoms with E-state index in [0.29, 0.717) is 21.6 Å². The minimum absolute atomic E-state index is 0.353. The van der Waals surface area contributed by atoms with Crippen LogP contribution in [0.4, 0.5) is 0 Å². The van der Waals surface area contributed by atoms with E-state index in [0.717, 1.165) is 16.9 Å². The molecule has 2 aromatic carbocycles. The number of rotatable bonds is 4. The van der Waals surface area contributed by atoms with Crippen molar-refractivity contribution in [1.82, 2.24) is 0 Å². The van der Waals surface area contributed by atoms with Gasteiger partial charge in [0.05, 0.1) is 10.0 Å². The zero-order valence-corrected chi connectivity index (χ0v) is 12.2. The van der Waals surface area contributed by atoms with Gasteiger partial charge in [0.15, 0.2) is 0 Å². The molecule has 0 saturated heterocycles. The lowest BCUT2D eigenvalue weighted by Crippen LogP contribution is -2.08. The number of thiocarbonyl (C=S) groups is 1. The molecule has 0 bridgehead atoms. The second-order valence-electron chi connectivity index (χ2n) is 3.89. The fourth-order valence-corrected chi connectivity index (χ4v) is 2.05. The summed E-state index contributed by atoms with van der Waals surface area (Å²) in [6.45, 7) is 0.353. The Balaban J connectivity index is 2.06. The topological polar surface area (TPSA) is 35.2 Å². The molecule has 0 fully saturated rings. The molecular weight excluding hydrogens is 301 g/mol. The van der Waals surface area contributed by atoms with Crippen LogP contribution in [0.15, 0.2) is 42.5 Å². The Bertz CT molecular complexity index is 599. The van der Waals surface area contributed by atoms with Crippen molar-refractivity contribution in [3.05, 3.63) is 63.6 Å². The van der Waals surface area contributed by atoms with Crippen LogP contribution in [0, 0.1) is 0 Å². The predicted octanol–water partition coefficient (Wildman–Crippen LogP) is 4.21. The second kappa shape index (κ2) is 6.24. The van der Waals surface area contributed by atoms with Gasteiger partial charge in [-0.15, -0.1) is 0 Å². The normalized spacial score (nSPS) is 10.2. The van der Waals surface area contributed by atoms with E-state index in [9.17, 15) is 0 Å². The van der Waals surface area contributed by atoms with Gasteiger partial charge >= 0.3 is 0 Å². The number of hydrogen-bond acceptors (Lipinski definition) is 2. The molecule has 0 aliphatic heterocycles. The first-order valence-corrected chi connectivity index (χ1v) is 6.70. The Kier molecular flexibility index (Phi) is 4.64. The third-order valence-corrected chi connectivity index (χ3v) is 3.66. The molecule has 0 saturated carbocycles. The summed E-state index contributed by atoms with van der Waals surface area (Å²) in [5.41, 5.74) is 7.17. The van der Waals surface area contributed by atoms with E-state index in [2.05, 4.69) is 0 Å². The smallest absolute Gasteiger partial charge is 0.119 e. The Hall–Kier alpha value is -1.29. The van der Waals surface area contributed by atoms with Crippen molar-refractivity contribution in [3.8, 4) is 5.75 Å². The highest BCUT2D eigenvalue weighted by atomic mass is 35.5. The van der Waals surface area contributed by atoms with Gasteiger partial charge < -0.3 is 10.5 Å². The van der Waals surface area contributed by atoms with Crippen molar-refractivity contribution in [1.29, 1.82) is 0 Å². The molecule has 2 rings (SSSR count). The Morgan fingerprint density at radius 2 is 1.79 bits per heavy atom. The molecule has 0 heterocycles. The largest absolute Gasteiger partial charge is 0.489 e. The summed E-state index contributed by atoms with van der Waals surface area (Å²) in [7, 11) is 0. The summed E-state index contributed by atoms with van der Waals surface area (Å²) in [5, 5.41) is 1.04. The number of nitrogens with two attached hydrogens (primary N) is 1. The Morgan fingerprint density at radius 3 is 2.42 bits per heavy atom. The maximum atomic E-state index is 6.08. The van der Waals surface area contributed by atoms with Crippen LogP contribution in [-0.4, -0.2) is 4.99 Å². The summed E-state index contributed by atoms with van der Waals surface area (Å²) >= 11 is 16.9. The zero-order chi connectivity index (χ0) is 13.8. The standard InChI is InChI=1S/C14H11Cl2NOS/c15-12-3-1-2-10(13(12)16)8-18-11-6-4-9(5-7-11)14(17)19/h1-7H,8H2,(H2,17,19). The molecule has 2 N–H and O–H groups in total. The van der Waals surface area contributed by atoms with Crippen molar-refractivity contribution in [3.63, 3.8) is 0 Å². The highest BCUT2D eigenvalue weighted by molar-refractivity contribution is 7.80. The summed E-state index contributed by atoms with van der Waals surface area (Å²) in [5.74, 6) is 0.719. The Labute approximate surface area is 127 Å². The SMILES string of the molecule is NC(=S)c1ccc(OCc2cccc(Cl)c2Cl)cc1. The molecule has 0 radical (unpaired) electrons. The van der Waals surface area contributed by atoms with Crippen molar-refractivity contribution in [2.45, 2.75) is 6.61 Å². The predicted molar refractivity (Wildman–Crippen MR) is 83.1 cm³/mol. The summed E-state index contributed by atoms with van der Waals surface area (Å²) in [4.78, 5) is 0.365. The third-order valence-electron chi connectivity index (χ3n) is 2.56. The number of hydrogen-bond donors (Lipinski definition) is 1. The van der Waals surface area contributed by atoms with E-state index in [1.54, 1.807) is 6.07 Å². The van der Waals surface area contributed by atoms with Gasteiger partial charge in [0, 0.05) is 11.1 Å². The molecule has 0 unspecified atom stereocenters. The van der Waals surface area contributed by atoms with Crippen LogP contribution < -0.4 is 10.5 Å². The molecule has 2 aromatic rings. The van der Waals surface area contributed by atoms with E-state index in [-0.39, 0.29) is 0 Å². The van der Waals surface area contributed by atoms with Gasteiger partial charge in [0.2, 0.25) is 0 Å². The molecule has 0 spiro atoms. The number of benzene rings is 2. The molecule has 0 aromatic heterocycles. The molecule has 0 amide bonds. The maximum Gasteiger partial charge on any atom is 0.119 e. The highest BCUT2D eigenvalue weighted by Gasteiger charge is 2.05. The number of ether oxygens (including phenoxy) is 1. The van der Waals surface area contributed by atoms with Crippen LogP contribution >= 0.6 is 35.4 Å². The average Bonchev–Trinajstić information content (AvgIpc) is 2.41. The summed E-state index contributed by atoms with van der Waals surface area (Å²) < 4.78 is 5.64. The van der Waals surface area contributed by atoms with Crippen molar-refractivity contribution in [2.24, 2.45) is 5.73 Å². The van der Waals surface area contributed by atoms with Crippen LogP contribution in [0.5, 0.6) is 5.75 Å². The van der Waals surface area contributed by atoms with Gasteiger partial charge in [-0.1, -0.05) is 47.6 Å². The summed E-state index contributed by atoms with van der Waals surface area (Å²) in [6, 6.07) is 12.7. The molecule has 0 aliphatic rings. The van der Waals surface area contributed by atoms with E-state index < -0.39 is 0 Å². The van der Waals surface area contributed by atoms with Crippen LogP contribution in [-0.2, 0) is 6.61 Å². The zero-order valence-electron chi connectivity index (χ0n) is 9.90. The Morgan fingerprint density at radius 1 is 1.11 bits per heavy atom. The third kappa shape index (κ3) is 3.60. The summed E-state index contributed by atoms with van der Waals surface area (Å²) in [6.07, 6.45) is 0. The van der Waals surface area contributed by atoms with Gasteiger partial charge in [0.25, 0.3) is 0 Å². The van der Waals surface area contributed by atoms with Crippen molar-refractivity contribution >= 4 is 40.4 Å². The van der Waals surface area contributed by atoms with E-state index in [1.165, 1.54) is 0 Å². The van der Waals surface area contributed by atoms with Crippen LogP contribution in [0.25, 0.3) is 0 Å². The van der Waals surface area contributed by atoms with E-state index >= 15 is 0 Å². The lowest BCUT2D eigenvalue weighted by molar-refractivity contribution is 0.306. The molecule has 98 valence electrons. The van der Waals surface area contributed by atoms with E-state index in [4.69, 9.17) is 45.9 Å². The molecule has 5 heteroatoms. The van der Waals surface area contributed by atoms with E-state index in [1.807, 2.05) is 36.4 Å². The van der Waals surface area contributed by atoms with Gasteiger partial charge in [-0.3, -0.25) is 0 Å². The first-order chi connectivity index (χ1) is 9.08. The van der Waals surface area contributed by atoms with Gasteiger partial charge in [-0.2, -0.15) is 0 Å². The molecule has 0 aliphatic carbocycles. The minimum Gasteiger partial charge on any atom is -0.489 e. The molecule has 2 nitrogen and oxygen atoms in total. The van der Waals surface area contributed by atoms with Crippen LogP contribution in [0.2, 0.25) is 10.0 Å². The quantitative estimate of drug-likeness (QED) is 0.859. The van der Waals surface area contributed by atoms with Gasteiger partial charge in [0.1, 0.15) is 17.3 Å². The lowest BCUT2D eigenvalue weighted by atomic mass is 10.2. The fraction of sp³-hybridized carbons (Fsp3) is 0.0714.